The van der Waals surface area contributed by atoms with E-state index in [9.17, 15) is 0 Å². The van der Waals surface area contributed by atoms with Gasteiger partial charge in [0.25, 0.3) is 0 Å². The van der Waals surface area contributed by atoms with Gasteiger partial charge in [-0.3, -0.25) is 0 Å². The first-order valence-corrected chi connectivity index (χ1v) is 8.40. The molecule has 1 atom stereocenters. The lowest BCUT2D eigenvalue weighted by Crippen LogP contribution is -2.45. The fraction of sp³-hybridized carbons (Fsp3) is 0.571. The van der Waals surface area contributed by atoms with Crippen LogP contribution in [0.1, 0.15) is 18.9 Å². The zero-order valence-electron chi connectivity index (χ0n) is 12.2. The SMILES string of the molecule is CC1CCO1.CO[Si](Cc1ccccc1)(OC)OC. The summed E-state index contributed by atoms with van der Waals surface area (Å²) in [6.45, 7) is 3.07. The van der Waals surface area contributed by atoms with E-state index in [-0.39, 0.29) is 0 Å². The molecule has 108 valence electrons. The van der Waals surface area contributed by atoms with Crippen LogP contribution in [0.2, 0.25) is 0 Å². The van der Waals surface area contributed by atoms with Gasteiger partial charge in [0.15, 0.2) is 0 Å². The van der Waals surface area contributed by atoms with E-state index < -0.39 is 8.80 Å². The Hall–Kier alpha value is -0.723. The van der Waals surface area contributed by atoms with E-state index >= 15 is 0 Å². The van der Waals surface area contributed by atoms with Crippen LogP contribution in [0.15, 0.2) is 30.3 Å². The highest BCUT2D eigenvalue weighted by Gasteiger charge is 2.37. The second-order valence-corrected chi connectivity index (χ2v) is 7.37. The van der Waals surface area contributed by atoms with Crippen LogP contribution in [0.5, 0.6) is 0 Å². The Bertz CT molecular complexity index is 328. The van der Waals surface area contributed by atoms with Crippen LogP contribution in [0.4, 0.5) is 0 Å². The van der Waals surface area contributed by atoms with Gasteiger partial charge in [0, 0.05) is 34.0 Å². The summed E-state index contributed by atoms with van der Waals surface area (Å²) in [4.78, 5) is 0. The zero-order valence-corrected chi connectivity index (χ0v) is 13.2. The van der Waals surface area contributed by atoms with Crippen molar-refractivity contribution in [3.05, 3.63) is 35.9 Å². The monoisotopic (exact) mass is 284 g/mol. The normalized spacial score (nSPS) is 18.2. The second-order valence-electron chi connectivity index (χ2n) is 4.43. The Morgan fingerprint density at radius 2 is 1.58 bits per heavy atom. The van der Waals surface area contributed by atoms with Crippen molar-refractivity contribution >= 4 is 8.80 Å². The predicted molar refractivity (Wildman–Crippen MR) is 77.0 cm³/mol. The minimum Gasteiger partial charge on any atom is -0.378 e. The summed E-state index contributed by atoms with van der Waals surface area (Å²) in [5.41, 5.74) is 1.17. The van der Waals surface area contributed by atoms with Crippen LogP contribution >= 0.6 is 0 Å². The fourth-order valence-electron chi connectivity index (χ4n) is 1.67. The topological polar surface area (TPSA) is 36.9 Å². The molecule has 0 spiro atoms. The maximum Gasteiger partial charge on any atom is 0.504 e. The van der Waals surface area contributed by atoms with Crippen molar-refractivity contribution < 1.29 is 18.0 Å². The lowest BCUT2D eigenvalue weighted by atomic mass is 10.2. The largest absolute Gasteiger partial charge is 0.504 e. The minimum absolute atomic E-state index is 0.565. The van der Waals surface area contributed by atoms with Crippen molar-refractivity contribution in [1.29, 1.82) is 0 Å². The third-order valence-electron chi connectivity index (χ3n) is 3.12. The molecule has 1 aliphatic heterocycles. The van der Waals surface area contributed by atoms with Crippen LogP contribution in [-0.4, -0.2) is 42.8 Å². The third kappa shape index (κ3) is 5.42. The molecule has 1 aromatic carbocycles. The number of benzene rings is 1. The summed E-state index contributed by atoms with van der Waals surface area (Å²) in [7, 11) is 2.42. The highest BCUT2D eigenvalue weighted by atomic mass is 28.4. The molecule has 0 bridgehead atoms. The summed E-state index contributed by atoms with van der Waals surface area (Å²) in [6.07, 6.45) is 1.83. The van der Waals surface area contributed by atoms with Gasteiger partial charge in [-0.1, -0.05) is 30.3 Å². The molecule has 0 aromatic heterocycles. The molecule has 4 nitrogen and oxygen atoms in total. The molecule has 1 aromatic rings. The standard InChI is InChI=1S/C10H16O3Si.C4H8O/c1-11-14(12-2,13-3)9-10-7-5-4-6-8-10;1-4-2-3-5-4/h4-8H,9H2,1-3H3;4H,2-3H2,1H3. The van der Waals surface area contributed by atoms with Crippen molar-refractivity contribution in [3.63, 3.8) is 0 Å². The van der Waals surface area contributed by atoms with E-state index in [1.54, 1.807) is 21.3 Å². The molecule has 1 saturated heterocycles. The van der Waals surface area contributed by atoms with Crippen molar-refractivity contribution in [2.24, 2.45) is 0 Å². The first-order chi connectivity index (χ1) is 9.15. The van der Waals surface area contributed by atoms with Crippen LogP contribution in [0.25, 0.3) is 0 Å². The molecule has 5 heteroatoms. The van der Waals surface area contributed by atoms with Crippen LogP contribution < -0.4 is 0 Å². The van der Waals surface area contributed by atoms with Gasteiger partial charge in [-0.15, -0.1) is 0 Å². The van der Waals surface area contributed by atoms with E-state index in [1.165, 1.54) is 12.0 Å². The van der Waals surface area contributed by atoms with Gasteiger partial charge in [-0.2, -0.15) is 0 Å². The van der Waals surface area contributed by atoms with Crippen LogP contribution in [-0.2, 0) is 24.1 Å². The first-order valence-electron chi connectivity index (χ1n) is 6.46. The Kier molecular flexibility index (Phi) is 7.26. The number of hydrogen-bond donors (Lipinski definition) is 0. The Morgan fingerprint density at radius 1 is 1.11 bits per heavy atom. The maximum atomic E-state index is 5.33. The molecular weight excluding hydrogens is 260 g/mol. The molecule has 1 heterocycles. The molecular formula is C14H24O4Si. The highest BCUT2D eigenvalue weighted by molar-refractivity contribution is 6.60. The number of hydrogen-bond acceptors (Lipinski definition) is 4. The van der Waals surface area contributed by atoms with E-state index in [0.29, 0.717) is 12.1 Å². The predicted octanol–water partition coefficient (Wildman–Crippen LogP) is 2.44. The summed E-state index contributed by atoms with van der Waals surface area (Å²) in [6, 6.07) is 10.8. The van der Waals surface area contributed by atoms with Gasteiger partial charge in [0.1, 0.15) is 0 Å². The molecule has 0 amide bonds. The van der Waals surface area contributed by atoms with Gasteiger partial charge in [-0.25, -0.2) is 0 Å². The van der Waals surface area contributed by atoms with Crippen LogP contribution in [0.3, 0.4) is 0 Å². The van der Waals surface area contributed by atoms with E-state index in [0.717, 1.165) is 6.61 Å². The maximum absolute atomic E-state index is 5.33. The van der Waals surface area contributed by atoms with Crippen molar-refractivity contribution in [2.45, 2.75) is 25.5 Å². The fourth-order valence-corrected chi connectivity index (χ4v) is 3.33. The summed E-state index contributed by atoms with van der Waals surface area (Å²) >= 11 is 0. The molecule has 0 saturated carbocycles. The number of ether oxygens (including phenoxy) is 1. The van der Waals surface area contributed by atoms with Gasteiger partial charge < -0.3 is 18.0 Å². The molecule has 1 fully saturated rings. The van der Waals surface area contributed by atoms with Crippen LogP contribution in [0, 0.1) is 0 Å². The summed E-state index contributed by atoms with van der Waals surface area (Å²) in [5, 5.41) is 0. The quantitative estimate of drug-likeness (QED) is 0.778. The summed E-state index contributed by atoms with van der Waals surface area (Å²) in [5.74, 6) is 0. The minimum atomic E-state index is -2.46. The summed E-state index contributed by atoms with van der Waals surface area (Å²) < 4.78 is 20.9. The van der Waals surface area contributed by atoms with Gasteiger partial charge in [0.2, 0.25) is 0 Å². The molecule has 1 aliphatic rings. The molecule has 2 rings (SSSR count). The van der Waals surface area contributed by atoms with Gasteiger partial charge >= 0.3 is 8.80 Å². The lowest BCUT2D eigenvalue weighted by molar-refractivity contribution is -0.0375. The van der Waals surface area contributed by atoms with Crippen molar-refractivity contribution in [1.82, 2.24) is 0 Å². The Morgan fingerprint density at radius 3 is 1.89 bits per heavy atom. The van der Waals surface area contributed by atoms with Crippen molar-refractivity contribution in [2.75, 3.05) is 27.9 Å². The zero-order chi connectivity index (χ0) is 14.1. The second kappa shape index (κ2) is 8.45. The van der Waals surface area contributed by atoms with Gasteiger partial charge in [-0.05, 0) is 18.9 Å². The van der Waals surface area contributed by atoms with Crippen molar-refractivity contribution in [3.8, 4) is 0 Å². The molecule has 19 heavy (non-hydrogen) atoms. The average Bonchev–Trinajstić information content (AvgIpc) is 2.44. The average molecular weight is 284 g/mol. The van der Waals surface area contributed by atoms with Gasteiger partial charge in [0.05, 0.1) is 6.10 Å². The molecule has 0 aliphatic carbocycles. The Labute approximate surface area is 117 Å². The smallest absolute Gasteiger partial charge is 0.378 e. The number of rotatable bonds is 5. The van der Waals surface area contributed by atoms with E-state index in [4.69, 9.17) is 18.0 Å². The lowest BCUT2D eigenvalue weighted by Gasteiger charge is -2.24. The Balaban J connectivity index is 0.000000300. The molecule has 1 unspecified atom stereocenters. The van der Waals surface area contributed by atoms with E-state index in [1.807, 2.05) is 30.3 Å². The first kappa shape index (κ1) is 16.3. The third-order valence-corrected chi connectivity index (χ3v) is 5.83. The molecule has 0 radical (unpaired) electrons. The molecule has 0 N–H and O–H groups in total. The van der Waals surface area contributed by atoms with E-state index in [2.05, 4.69) is 6.92 Å². The highest BCUT2D eigenvalue weighted by Crippen LogP contribution is 2.13.